The van der Waals surface area contributed by atoms with Crippen LogP contribution in [0.25, 0.3) is 0 Å². The fraction of sp³-hybridized carbons (Fsp3) is 0.429. The number of hydrogen-bond donors (Lipinski definition) is 1. The molecule has 1 aliphatic rings. The summed E-state index contributed by atoms with van der Waals surface area (Å²) in [6, 6.07) is 8.14. The van der Waals surface area contributed by atoms with Crippen LogP contribution in [0.1, 0.15) is 26.3 Å². The molecule has 0 aromatic heterocycles. The molecule has 0 saturated heterocycles. The maximum Gasteiger partial charge on any atom is 0.230 e. The van der Waals surface area contributed by atoms with Crippen molar-refractivity contribution in [3.05, 3.63) is 29.8 Å². The molecule has 1 heterocycles. The molecule has 102 valence electrons. The molecule has 1 aliphatic heterocycles. The number of rotatable bonds is 2. The van der Waals surface area contributed by atoms with Crippen molar-refractivity contribution in [2.45, 2.75) is 32.1 Å². The van der Waals surface area contributed by atoms with Crippen LogP contribution in [0.3, 0.4) is 0 Å². The molecule has 0 unspecified atom stereocenters. The van der Waals surface area contributed by atoms with Gasteiger partial charge in [-0.3, -0.25) is 4.79 Å². The molecule has 1 aromatic rings. The minimum atomic E-state index is -0.175. The van der Waals surface area contributed by atoms with E-state index in [2.05, 4.69) is 16.4 Å². The van der Waals surface area contributed by atoms with Gasteiger partial charge in [-0.05, 0) is 32.4 Å². The Hall–Kier alpha value is -0.940. The average Bonchev–Trinajstić information content (AvgIpc) is 2.34. The van der Waals surface area contributed by atoms with Gasteiger partial charge in [0.25, 0.3) is 0 Å². The molecule has 1 amide bonds. The summed E-state index contributed by atoms with van der Waals surface area (Å²) in [5, 5.41) is 2.95. The highest BCUT2D eigenvalue weighted by Gasteiger charge is 2.16. The largest absolute Gasteiger partial charge is 0.351 e. The second-order valence-electron chi connectivity index (χ2n) is 5.38. The number of aliphatic imine (C=N–C) groups is 1. The Morgan fingerprint density at radius 2 is 2.16 bits per heavy atom. The molecule has 3 nitrogen and oxygen atoms in total. The quantitative estimate of drug-likeness (QED) is 0.906. The lowest BCUT2D eigenvalue weighted by molar-refractivity contribution is -0.119. The van der Waals surface area contributed by atoms with Crippen LogP contribution in [0, 0.1) is 0 Å². The number of para-hydroxylation sites is 1. The number of nitrogens with zero attached hydrogens (tertiary/aromatic N) is 1. The smallest absolute Gasteiger partial charge is 0.230 e. The van der Waals surface area contributed by atoms with E-state index in [9.17, 15) is 4.79 Å². The summed E-state index contributed by atoms with van der Waals surface area (Å²) in [5.74, 6) is 1.41. The Labute approximate surface area is 122 Å². The molecule has 0 bridgehead atoms. The Morgan fingerprint density at radius 3 is 2.89 bits per heavy atom. The predicted octanol–water partition coefficient (Wildman–Crippen LogP) is 3.57. The van der Waals surface area contributed by atoms with Gasteiger partial charge in [0.15, 0.2) is 0 Å². The number of nitrogens with one attached hydrogen (secondary N) is 1. The van der Waals surface area contributed by atoms with E-state index < -0.39 is 0 Å². The first-order chi connectivity index (χ1) is 8.94. The average molecular weight is 294 g/mol. The van der Waals surface area contributed by atoms with Crippen LogP contribution in [-0.2, 0) is 10.5 Å². The molecule has 5 heteroatoms. The molecule has 1 N–H and O–H groups in total. The normalized spacial score (nSPS) is 14.6. The first kappa shape index (κ1) is 14.5. The number of hydrogen-bond acceptors (Lipinski definition) is 4. The lowest BCUT2D eigenvalue weighted by Crippen LogP contribution is -2.41. The zero-order valence-corrected chi connectivity index (χ0v) is 13.0. The third kappa shape index (κ3) is 4.58. The van der Waals surface area contributed by atoms with Crippen molar-refractivity contribution in [3.63, 3.8) is 0 Å². The molecule has 0 fully saturated rings. The fourth-order valence-electron chi connectivity index (χ4n) is 1.67. The van der Waals surface area contributed by atoms with Gasteiger partial charge in [-0.1, -0.05) is 41.7 Å². The maximum absolute atomic E-state index is 11.8. The number of carbonyl (C=O) groups excluding carboxylic acids is 1. The van der Waals surface area contributed by atoms with Crippen molar-refractivity contribution in [1.29, 1.82) is 0 Å². The summed E-state index contributed by atoms with van der Waals surface area (Å²) in [4.78, 5) is 16.3. The standard InChI is InChI=1S/C14H18N2OS2/c1-14(2,3)16-12(17)9-19-13-15-11-7-5-4-6-10(11)8-18-13/h4-7H,8-9H2,1-3H3,(H,16,17). The van der Waals surface area contributed by atoms with E-state index in [4.69, 9.17) is 0 Å². The predicted molar refractivity (Wildman–Crippen MR) is 85.2 cm³/mol. The van der Waals surface area contributed by atoms with E-state index in [1.54, 1.807) is 11.8 Å². The maximum atomic E-state index is 11.8. The Kier molecular flexibility index (Phi) is 4.58. The SMILES string of the molecule is CC(C)(C)NC(=O)CSC1=Nc2ccccc2CS1. The number of benzene rings is 1. The summed E-state index contributed by atoms with van der Waals surface area (Å²) in [7, 11) is 0. The van der Waals surface area contributed by atoms with Crippen LogP contribution in [0.4, 0.5) is 5.69 Å². The molecule has 0 radical (unpaired) electrons. The Bertz CT molecular complexity index is 506. The van der Waals surface area contributed by atoms with Crippen LogP contribution in [-0.4, -0.2) is 21.6 Å². The zero-order valence-electron chi connectivity index (χ0n) is 11.4. The summed E-state index contributed by atoms with van der Waals surface area (Å²) >= 11 is 3.21. The molecule has 19 heavy (non-hydrogen) atoms. The van der Waals surface area contributed by atoms with Gasteiger partial charge < -0.3 is 5.32 Å². The molecule has 0 spiro atoms. The first-order valence-corrected chi connectivity index (χ1v) is 8.14. The van der Waals surface area contributed by atoms with E-state index in [1.807, 2.05) is 39.0 Å². The van der Waals surface area contributed by atoms with E-state index in [1.165, 1.54) is 17.3 Å². The van der Waals surface area contributed by atoms with Crippen molar-refractivity contribution in [3.8, 4) is 0 Å². The van der Waals surface area contributed by atoms with Crippen LogP contribution in [0.5, 0.6) is 0 Å². The summed E-state index contributed by atoms with van der Waals surface area (Å²) < 4.78 is 0.975. The molecular weight excluding hydrogens is 276 g/mol. The van der Waals surface area contributed by atoms with Gasteiger partial charge in [-0.25, -0.2) is 4.99 Å². The molecule has 2 rings (SSSR count). The molecule has 1 aromatic carbocycles. The minimum absolute atomic E-state index is 0.0552. The highest BCUT2D eigenvalue weighted by Crippen LogP contribution is 2.34. The van der Waals surface area contributed by atoms with Gasteiger partial charge >= 0.3 is 0 Å². The zero-order chi connectivity index (χ0) is 13.9. The molecule has 0 saturated carbocycles. The lowest BCUT2D eigenvalue weighted by atomic mass is 10.1. The van der Waals surface area contributed by atoms with Crippen LogP contribution in [0.2, 0.25) is 0 Å². The molecule has 0 atom stereocenters. The number of thioether (sulfide) groups is 2. The molecule has 0 aliphatic carbocycles. The van der Waals surface area contributed by atoms with Gasteiger partial charge in [0.05, 0.1) is 11.4 Å². The van der Waals surface area contributed by atoms with E-state index in [-0.39, 0.29) is 11.4 Å². The molecular formula is C14H18N2OS2. The van der Waals surface area contributed by atoms with Crippen LogP contribution in [0.15, 0.2) is 29.3 Å². The van der Waals surface area contributed by atoms with Crippen molar-refractivity contribution in [2.24, 2.45) is 4.99 Å². The number of carbonyl (C=O) groups is 1. The Morgan fingerprint density at radius 1 is 1.42 bits per heavy atom. The van der Waals surface area contributed by atoms with Crippen LogP contribution >= 0.6 is 23.5 Å². The fourth-order valence-corrected chi connectivity index (χ4v) is 3.53. The van der Waals surface area contributed by atoms with E-state index in [0.29, 0.717) is 5.75 Å². The topological polar surface area (TPSA) is 41.5 Å². The van der Waals surface area contributed by atoms with Gasteiger partial charge in [-0.2, -0.15) is 0 Å². The highest BCUT2D eigenvalue weighted by molar-refractivity contribution is 8.38. The summed E-state index contributed by atoms with van der Waals surface area (Å²) in [5.41, 5.74) is 2.11. The number of amides is 1. The second kappa shape index (κ2) is 6.01. The van der Waals surface area contributed by atoms with E-state index in [0.717, 1.165) is 15.8 Å². The van der Waals surface area contributed by atoms with Gasteiger partial charge in [0, 0.05) is 11.3 Å². The summed E-state index contributed by atoms with van der Waals surface area (Å²) in [6.07, 6.45) is 0. The lowest BCUT2D eigenvalue weighted by Gasteiger charge is -2.20. The van der Waals surface area contributed by atoms with Crippen molar-refractivity contribution >= 4 is 39.5 Å². The number of fused-ring (bicyclic) bond motifs is 1. The van der Waals surface area contributed by atoms with Crippen molar-refractivity contribution < 1.29 is 4.79 Å². The van der Waals surface area contributed by atoms with Gasteiger partial charge in [-0.15, -0.1) is 0 Å². The van der Waals surface area contributed by atoms with Gasteiger partial charge in [0.1, 0.15) is 4.38 Å². The Balaban J connectivity index is 1.92. The first-order valence-electron chi connectivity index (χ1n) is 6.17. The third-order valence-corrected chi connectivity index (χ3v) is 4.64. The monoisotopic (exact) mass is 294 g/mol. The van der Waals surface area contributed by atoms with E-state index >= 15 is 0 Å². The van der Waals surface area contributed by atoms with Crippen molar-refractivity contribution in [2.75, 3.05) is 5.75 Å². The minimum Gasteiger partial charge on any atom is -0.351 e. The summed E-state index contributed by atoms with van der Waals surface area (Å²) in [6.45, 7) is 5.95. The van der Waals surface area contributed by atoms with Crippen molar-refractivity contribution in [1.82, 2.24) is 5.32 Å². The second-order valence-corrected chi connectivity index (χ2v) is 7.57. The highest BCUT2D eigenvalue weighted by atomic mass is 32.2. The third-order valence-electron chi connectivity index (χ3n) is 2.40. The van der Waals surface area contributed by atoms with Gasteiger partial charge in [0.2, 0.25) is 5.91 Å². The van der Waals surface area contributed by atoms with Crippen LogP contribution < -0.4 is 5.32 Å².